The van der Waals surface area contributed by atoms with Crippen molar-refractivity contribution < 1.29 is 14.3 Å². The first-order chi connectivity index (χ1) is 10.2. The van der Waals surface area contributed by atoms with Crippen LogP contribution in [0.4, 0.5) is 4.79 Å². The molecule has 6 heteroatoms. The third kappa shape index (κ3) is 7.43. The molecule has 5 nitrogen and oxygen atoms in total. The number of nitriles is 1. The highest BCUT2D eigenvalue weighted by atomic mass is 79.9. The highest BCUT2D eigenvalue weighted by Crippen LogP contribution is 2.16. The van der Waals surface area contributed by atoms with Crippen LogP contribution in [0.15, 0.2) is 22.7 Å². The second kappa shape index (κ2) is 8.16. The van der Waals surface area contributed by atoms with Crippen LogP contribution in [-0.2, 0) is 16.1 Å². The van der Waals surface area contributed by atoms with Crippen molar-refractivity contribution in [2.24, 2.45) is 0 Å². The van der Waals surface area contributed by atoms with Gasteiger partial charge in [-0.3, -0.25) is 0 Å². The second-order valence-corrected chi connectivity index (χ2v) is 6.94. The molecule has 0 radical (unpaired) electrons. The fourth-order valence-corrected chi connectivity index (χ4v) is 2.24. The van der Waals surface area contributed by atoms with Gasteiger partial charge in [0.25, 0.3) is 0 Å². The van der Waals surface area contributed by atoms with Gasteiger partial charge < -0.3 is 14.8 Å². The Morgan fingerprint density at radius 3 is 2.68 bits per heavy atom. The van der Waals surface area contributed by atoms with E-state index in [4.69, 9.17) is 14.7 Å². The second-order valence-electron chi connectivity index (χ2n) is 6.02. The van der Waals surface area contributed by atoms with Crippen LogP contribution in [0.25, 0.3) is 0 Å². The molecule has 1 aromatic carbocycles. The summed E-state index contributed by atoms with van der Waals surface area (Å²) < 4.78 is 11.6. The van der Waals surface area contributed by atoms with Crippen LogP contribution in [0.3, 0.4) is 0 Å². The van der Waals surface area contributed by atoms with E-state index in [2.05, 4.69) is 27.3 Å². The van der Waals surface area contributed by atoms with E-state index in [1.165, 1.54) is 0 Å². The molecule has 0 spiro atoms. The van der Waals surface area contributed by atoms with Crippen LogP contribution < -0.4 is 5.32 Å². The molecule has 1 rings (SSSR count). The predicted molar refractivity (Wildman–Crippen MR) is 87.3 cm³/mol. The zero-order chi connectivity index (χ0) is 16.8. The van der Waals surface area contributed by atoms with Crippen molar-refractivity contribution in [3.05, 3.63) is 33.8 Å². The Morgan fingerprint density at radius 1 is 1.41 bits per heavy atom. The molecule has 0 fully saturated rings. The number of halogens is 1. The number of hydrogen-bond donors (Lipinski definition) is 1. The predicted octanol–water partition coefficient (Wildman–Crippen LogP) is 3.75. The molecule has 1 aromatic rings. The van der Waals surface area contributed by atoms with Crippen LogP contribution in [0.5, 0.6) is 0 Å². The first-order valence-corrected chi connectivity index (χ1v) is 7.76. The molecule has 0 aliphatic rings. The van der Waals surface area contributed by atoms with Crippen molar-refractivity contribution in [2.75, 3.05) is 6.61 Å². The van der Waals surface area contributed by atoms with Crippen molar-refractivity contribution in [2.45, 2.75) is 45.9 Å². The summed E-state index contributed by atoms with van der Waals surface area (Å²) >= 11 is 3.36. The number of alkyl carbamates (subject to hydrolysis) is 1. The first kappa shape index (κ1) is 18.5. The maximum absolute atomic E-state index is 11.6. The summed E-state index contributed by atoms with van der Waals surface area (Å²) in [5.74, 6) is 0. The maximum atomic E-state index is 11.6. The third-order valence-electron chi connectivity index (χ3n) is 2.49. The van der Waals surface area contributed by atoms with E-state index in [9.17, 15) is 4.79 Å². The Kier molecular flexibility index (Phi) is 6.85. The lowest BCUT2D eigenvalue weighted by Gasteiger charge is -2.22. The number of ether oxygens (including phenoxy) is 2. The van der Waals surface area contributed by atoms with Gasteiger partial charge in [-0.2, -0.15) is 5.26 Å². The van der Waals surface area contributed by atoms with Crippen molar-refractivity contribution in [1.82, 2.24) is 5.32 Å². The molecule has 0 aromatic heterocycles. The SMILES string of the molecule is CC(COCc1cc(Br)cc(C#N)c1)NC(=O)OC(C)(C)C. The largest absolute Gasteiger partial charge is 0.444 e. The van der Waals surface area contributed by atoms with E-state index in [0.29, 0.717) is 18.8 Å². The number of rotatable bonds is 5. The monoisotopic (exact) mass is 368 g/mol. The van der Waals surface area contributed by atoms with Gasteiger partial charge in [0.05, 0.1) is 30.9 Å². The normalized spacial score (nSPS) is 12.4. The fourth-order valence-electron chi connectivity index (χ4n) is 1.70. The molecule has 0 heterocycles. The van der Waals surface area contributed by atoms with Gasteiger partial charge in [0.2, 0.25) is 0 Å². The van der Waals surface area contributed by atoms with E-state index in [-0.39, 0.29) is 6.04 Å². The lowest BCUT2D eigenvalue weighted by Crippen LogP contribution is -2.39. The summed E-state index contributed by atoms with van der Waals surface area (Å²) in [5, 5.41) is 11.6. The Bertz CT molecular complexity index is 561. The Morgan fingerprint density at radius 2 is 2.09 bits per heavy atom. The molecule has 0 bridgehead atoms. The zero-order valence-corrected chi connectivity index (χ0v) is 14.9. The van der Waals surface area contributed by atoms with Crippen LogP contribution in [0, 0.1) is 11.3 Å². The number of hydrogen-bond acceptors (Lipinski definition) is 4. The van der Waals surface area contributed by atoms with Gasteiger partial charge in [-0.15, -0.1) is 0 Å². The molecule has 0 aliphatic carbocycles. The van der Waals surface area contributed by atoms with Crippen LogP contribution in [0.2, 0.25) is 0 Å². The van der Waals surface area contributed by atoms with Crippen molar-refractivity contribution in [1.29, 1.82) is 5.26 Å². The number of benzene rings is 1. The summed E-state index contributed by atoms with van der Waals surface area (Å²) in [6.45, 7) is 8.00. The summed E-state index contributed by atoms with van der Waals surface area (Å²) in [6.07, 6.45) is -0.460. The van der Waals surface area contributed by atoms with E-state index in [0.717, 1.165) is 10.0 Å². The summed E-state index contributed by atoms with van der Waals surface area (Å²) in [7, 11) is 0. The molecule has 1 N–H and O–H groups in total. The number of nitrogens with zero attached hydrogens (tertiary/aromatic N) is 1. The Labute approximate surface area is 139 Å². The third-order valence-corrected chi connectivity index (χ3v) is 2.94. The smallest absolute Gasteiger partial charge is 0.407 e. The molecule has 22 heavy (non-hydrogen) atoms. The minimum absolute atomic E-state index is 0.169. The van der Waals surface area contributed by atoms with Crippen LogP contribution in [0.1, 0.15) is 38.8 Å². The average Bonchev–Trinajstić information content (AvgIpc) is 2.35. The van der Waals surface area contributed by atoms with Gasteiger partial charge >= 0.3 is 6.09 Å². The number of carbonyl (C=O) groups is 1. The van der Waals surface area contributed by atoms with Gasteiger partial charge in [0.15, 0.2) is 0 Å². The highest BCUT2D eigenvalue weighted by molar-refractivity contribution is 9.10. The van der Waals surface area contributed by atoms with Crippen LogP contribution in [-0.4, -0.2) is 24.3 Å². The zero-order valence-electron chi connectivity index (χ0n) is 13.3. The number of carbonyl (C=O) groups excluding carboxylic acids is 1. The van der Waals surface area contributed by atoms with Crippen molar-refractivity contribution in [3.8, 4) is 6.07 Å². The molecule has 0 saturated heterocycles. The fraction of sp³-hybridized carbons (Fsp3) is 0.500. The summed E-state index contributed by atoms with van der Waals surface area (Å²) in [5.41, 5.74) is 0.956. The van der Waals surface area contributed by atoms with Crippen molar-refractivity contribution in [3.63, 3.8) is 0 Å². The number of amides is 1. The maximum Gasteiger partial charge on any atom is 0.407 e. The van der Waals surface area contributed by atoms with E-state index in [1.807, 2.05) is 33.8 Å². The summed E-state index contributed by atoms with van der Waals surface area (Å²) in [4.78, 5) is 11.6. The molecular formula is C16H21BrN2O3. The number of nitrogens with one attached hydrogen (secondary N) is 1. The van der Waals surface area contributed by atoms with Gasteiger partial charge in [-0.25, -0.2) is 4.79 Å². The quantitative estimate of drug-likeness (QED) is 0.858. The first-order valence-electron chi connectivity index (χ1n) is 6.96. The van der Waals surface area contributed by atoms with Gasteiger partial charge in [-0.1, -0.05) is 15.9 Å². The average molecular weight is 369 g/mol. The molecule has 120 valence electrons. The lowest BCUT2D eigenvalue weighted by molar-refractivity contribution is 0.0442. The minimum Gasteiger partial charge on any atom is -0.444 e. The molecule has 0 saturated carbocycles. The molecule has 1 unspecified atom stereocenters. The van der Waals surface area contributed by atoms with Crippen LogP contribution >= 0.6 is 15.9 Å². The van der Waals surface area contributed by atoms with E-state index >= 15 is 0 Å². The Balaban J connectivity index is 2.39. The topological polar surface area (TPSA) is 71.3 Å². The van der Waals surface area contributed by atoms with Gasteiger partial charge in [0.1, 0.15) is 5.60 Å². The summed E-state index contributed by atoms with van der Waals surface area (Å²) in [6, 6.07) is 7.34. The molecule has 0 aliphatic heterocycles. The lowest BCUT2D eigenvalue weighted by atomic mass is 10.1. The van der Waals surface area contributed by atoms with E-state index < -0.39 is 11.7 Å². The standard InChI is InChI=1S/C16H21BrN2O3/c1-11(19-15(20)22-16(2,3)4)9-21-10-13-5-12(8-18)6-14(17)7-13/h5-7,11H,9-10H2,1-4H3,(H,19,20). The van der Waals surface area contributed by atoms with E-state index in [1.54, 1.807) is 12.1 Å². The Hall–Kier alpha value is -1.58. The highest BCUT2D eigenvalue weighted by Gasteiger charge is 2.17. The molecule has 1 amide bonds. The molecule has 1 atom stereocenters. The molecular weight excluding hydrogens is 348 g/mol. The van der Waals surface area contributed by atoms with Gasteiger partial charge in [0, 0.05) is 4.47 Å². The van der Waals surface area contributed by atoms with Gasteiger partial charge in [-0.05, 0) is 51.5 Å². The minimum atomic E-state index is -0.519. The van der Waals surface area contributed by atoms with Crippen molar-refractivity contribution >= 4 is 22.0 Å².